The van der Waals surface area contributed by atoms with Crippen LogP contribution in [0.15, 0.2) is 24.3 Å². The smallest absolute Gasteiger partial charge is 0.330 e. The zero-order valence-electron chi connectivity index (χ0n) is 9.82. The van der Waals surface area contributed by atoms with E-state index < -0.39 is 5.60 Å². The first kappa shape index (κ1) is 13.0. The molecular formula is C13H20O3. The Bertz CT molecular complexity index is 273. The number of hydrogen-bond donors (Lipinski definition) is 1. The molecular weight excluding hydrogens is 204 g/mol. The molecule has 0 radical (unpaired) electrons. The predicted octanol–water partition coefficient (Wildman–Crippen LogP) is 2.36. The van der Waals surface area contributed by atoms with Gasteiger partial charge in [0, 0.05) is 6.08 Å². The van der Waals surface area contributed by atoms with Gasteiger partial charge in [0.2, 0.25) is 0 Å². The molecule has 0 atom stereocenters. The van der Waals surface area contributed by atoms with Crippen LogP contribution in [-0.4, -0.2) is 23.8 Å². The molecule has 0 aromatic heterocycles. The minimum Gasteiger partial charge on any atom is -0.466 e. The molecule has 3 heteroatoms. The average Bonchev–Trinajstić information content (AvgIpc) is 2.29. The van der Waals surface area contributed by atoms with Crippen LogP contribution >= 0.6 is 0 Å². The van der Waals surface area contributed by atoms with Crippen molar-refractivity contribution in [3.05, 3.63) is 24.3 Å². The second-order valence-corrected chi connectivity index (χ2v) is 4.30. The highest BCUT2D eigenvalue weighted by atomic mass is 16.5. The van der Waals surface area contributed by atoms with Crippen LogP contribution in [0.5, 0.6) is 0 Å². The van der Waals surface area contributed by atoms with Gasteiger partial charge in [-0.05, 0) is 19.3 Å². The van der Waals surface area contributed by atoms with Gasteiger partial charge in [0.25, 0.3) is 0 Å². The lowest BCUT2D eigenvalue weighted by Crippen LogP contribution is -2.30. The molecule has 1 aliphatic rings. The first-order valence-corrected chi connectivity index (χ1v) is 5.80. The fourth-order valence-corrected chi connectivity index (χ4v) is 1.98. The topological polar surface area (TPSA) is 46.5 Å². The van der Waals surface area contributed by atoms with E-state index in [4.69, 9.17) is 0 Å². The highest BCUT2D eigenvalue weighted by molar-refractivity contribution is 5.82. The van der Waals surface area contributed by atoms with Gasteiger partial charge >= 0.3 is 5.97 Å². The SMILES string of the molecule is COC(=O)/C=C/C=C/CC1(O)CCCCC1. The molecule has 0 saturated heterocycles. The number of rotatable bonds is 4. The molecule has 3 nitrogen and oxygen atoms in total. The maximum Gasteiger partial charge on any atom is 0.330 e. The largest absolute Gasteiger partial charge is 0.466 e. The van der Waals surface area contributed by atoms with Crippen LogP contribution in [0.25, 0.3) is 0 Å². The van der Waals surface area contributed by atoms with E-state index in [1.807, 2.05) is 6.08 Å². The average molecular weight is 224 g/mol. The molecule has 1 saturated carbocycles. The van der Waals surface area contributed by atoms with Gasteiger partial charge in [0.1, 0.15) is 0 Å². The minimum atomic E-state index is -0.520. The quantitative estimate of drug-likeness (QED) is 0.453. The van der Waals surface area contributed by atoms with E-state index in [9.17, 15) is 9.90 Å². The molecule has 0 aromatic rings. The highest BCUT2D eigenvalue weighted by Crippen LogP contribution is 2.30. The van der Waals surface area contributed by atoms with Gasteiger partial charge in [-0.3, -0.25) is 0 Å². The van der Waals surface area contributed by atoms with Crippen LogP contribution < -0.4 is 0 Å². The van der Waals surface area contributed by atoms with E-state index in [2.05, 4.69) is 4.74 Å². The zero-order chi connectivity index (χ0) is 11.9. The summed E-state index contributed by atoms with van der Waals surface area (Å²) in [5, 5.41) is 10.2. The Kier molecular flexibility index (Phi) is 5.26. The molecule has 16 heavy (non-hydrogen) atoms. The van der Waals surface area contributed by atoms with Crippen LogP contribution in [0.2, 0.25) is 0 Å². The van der Waals surface area contributed by atoms with Crippen molar-refractivity contribution in [2.24, 2.45) is 0 Å². The van der Waals surface area contributed by atoms with Gasteiger partial charge in [-0.2, -0.15) is 0 Å². The fourth-order valence-electron chi connectivity index (χ4n) is 1.98. The molecule has 1 aliphatic carbocycles. The predicted molar refractivity (Wildman–Crippen MR) is 62.9 cm³/mol. The summed E-state index contributed by atoms with van der Waals surface area (Å²) in [7, 11) is 1.35. The van der Waals surface area contributed by atoms with Crippen molar-refractivity contribution in [3.63, 3.8) is 0 Å². The van der Waals surface area contributed by atoms with E-state index in [0.29, 0.717) is 6.42 Å². The van der Waals surface area contributed by atoms with Gasteiger partial charge in [0.05, 0.1) is 12.7 Å². The first-order valence-electron chi connectivity index (χ1n) is 5.80. The normalized spacial score (nSPS) is 20.4. The van der Waals surface area contributed by atoms with E-state index in [-0.39, 0.29) is 5.97 Å². The minimum absolute atomic E-state index is 0.360. The summed E-state index contributed by atoms with van der Waals surface area (Å²) < 4.78 is 4.46. The van der Waals surface area contributed by atoms with E-state index >= 15 is 0 Å². The number of methoxy groups -OCH3 is 1. The molecule has 1 rings (SSSR count). The van der Waals surface area contributed by atoms with Crippen molar-refractivity contribution >= 4 is 5.97 Å². The van der Waals surface area contributed by atoms with Crippen molar-refractivity contribution in [1.29, 1.82) is 0 Å². The lowest BCUT2D eigenvalue weighted by atomic mass is 9.82. The molecule has 0 heterocycles. The third-order valence-corrected chi connectivity index (χ3v) is 2.96. The number of ether oxygens (including phenoxy) is 1. The Morgan fingerprint density at radius 3 is 2.62 bits per heavy atom. The summed E-state index contributed by atoms with van der Waals surface area (Å²) in [6.07, 6.45) is 12.6. The maximum atomic E-state index is 10.7. The molecule has 1 N–H and O–H groups in total. The fraction of sp³-hybridized carbons (Fsp3) is 0.615. The zero-order valence-corrected chi connectivity index (χ0v) is 9.82. The number of hydrogen-bond acceptors (Lipinski definition) is 3. The van der Waals surface area contributed by atoms with Crippen LogP contribution in [-0.2, 0) is 9.53 Å². The Balaban J connectivity index is 2.30. The number of esters is 1. The van der Waals surface area contributed by atoms with Crippen molar-refractivity contribution in [3.8, 4) is 0 Å². The number of aliphatic hydroxyl groups is 1. The van der Waals surface area contributed by atoms with Crippen LogP contribution in [0.3, 0.4) is 0 Å². The standard InChI is InChI=1S/C13H20O3/c1-16-12(14)8-4-2-5-9-13(15)10-6-3-7-11-13/h2,4-5,8,15H,3,6-7,9-11H2,1H3/b5-2+,8-4+. The van der Waals surface area contributed by atoms with E-state index in [0.717, 1.165) is 25.7 Å². The number of allylic oxidation sites excluding steroid dienone is 2. The van der Waals surface area contributed by atoms with E-state index in [1.54, 1.807) is 12.2 Å². The second kappa shape index (κ2) is 6.48. The monoisotopic (exact) mass is 224 g/mol. The van der Waals surface area contributed by atoms with Gasteiger partial charge < -0.3 is 9.84 Å². The molecule has 0 bridgehead atoms. The van der Waals surface area contributed by atoms with Crippen molar-refractivity contribution in [2.45, 2.75) is 44.1 Å². The summed E-state index contributed by atoms with van der Waals surface area (Å²) in [4.78, 5) is 10.7. The number of carbonyl (C=O) groups is 1. The van der Waals surface area contributed by atoms with Gasteiger partial charge in [-0.1, -0.05) is 37.5 Å². The van der Waals surface area contributed by atoms with Gasteiger partial charge in [-0.25, -0.2) is 4.79 Å². The lowest BCUT2D eigenvalue weighted by Gasteiger charge is -2.30. The second-order valence-electron chi connectivity index (χ2n) is 4.30. The van der Waals surface area contributed by atoms with Crippen molar-refractivity contribution < 1.29 is 14.6 Å². The Morgan fingerprint density at radius 2 is 2.00 bits per heavy atom. The summed E-state index contributed by atoms with van der Waals surface area (Å²) in [6, 6.07) is 0. The first-order chi connectivity index (χ1) is 7.66. The van der Waals surface area contributed by atoms with Crippen LogP contribution in [0.4, 0.5) is 0 Å². The Hall–Kier alpha value is -1.09. The summed E-state index contributed by atoms with van der Waals surface area (Å²) >= 11 is 0. The molecule has 1 fully saturated rings. The number of carbonyl (C=O) groups excluding carboxylic acids is 1. The third-order valence-electron chi connectivity index (χ3n) is 2.96. The maximum absolute atomic E-state index is 10.7. The molecule has 0 unspecified atom stereocenters. The third kappa shape index (κ3) is 4.62. The molecule has 90 valence electrons. The van der Waals surface area contributed by atoms with Gasteiger partial charge in [-0.15, -0.1) is 0 Å². The van der Waals surface area contributed by atoms with Crippen molar-refractivity contribution in [1.82, 2.24) is 0 Å². The summed E-state index contributed by atoms with van der Waals surface area (Å²) in [6.45, 7) is 0. The van der Waals surface area contributed by atoms with Crippen LogP contribution in [0.1, 0.15) is 38.5 Å². The summed E-state index contributed by atoms with van der Waals surface area (Å²) in [5.74, 6) is -0.360. The van der Waals surface area contributed by atoms with Crippen molar-refractivity contribution in [2.75, 3.05) is 7.11 Å². The Labute approximate surface area is 96.8 Å². The van der Waals surface area contributed by atoms with E-state index in [1.165, 1.54) is 19.6 Å². The summed E-state index contributed by atoms with van der Waals surface area (Å²) in [5.41, 5.74) is -0.520. The molecule has 0 spiro atoms. The Morgan fingerprint density at radius 1 is 1.31 bits per heavy atom. The highest BCUT2D eigenvalue weighted by Gasteiger charge is 2.27. The van der Waals surface area contributed by atoms with Gasteiger partial charge in [0.15, 0.2) is 0 Å². The lowest BCUT2D eigenvalue weighted by molar-refractivity contribution is -0.134. The van der Waals surface area contributed by atoms with Crippen LogP contribution in [0, 0.1) is 0 Å². The molecule has 0 amide bonds. The molecule has 0 aromatic carbocycles. The molecule has 0 aliphatic heterocycles.